The summed E-state index contributed by atoms with van der Waals surface area (Å²) in [6, 6.07) is 9.84. The maximum absolute atomic E-state index is 13.8. The number of aryl methyl sites for hydroxylation is 1. The number of amides is 1. The molecule has 0 aliphatic rings. The molecule has 0 saturated heterocycles. The molecule has 0 aliphatic heterocycles. The monoisotopic (exact) mass is 390 g/mol. The van der Waals surface area contributed by atoms with Crippen molar-refractivity contribution in [1.82, 2.24) is 10.3 Å². The molecule has 27 heavy (non-hydrogen) atoms. The van der Waals surface area contributed by atoms with Gasteiger partial charge in [-0.3, -0.25) is 4.79 Å². The van der Waals surface area contributed by atoms with Crippen molar-refractivity contribution in [1.29, 1.82) is 0 Å². The van der Waals surface area contributed by atoms with Crippen molar-refractivity contribution < 1.29 is 18.0 Å². The highest BCUT2D eigenvalue weighted by atomic mass is 35.5. The van der Waals surface area contributed by atoms with E-state index >= 15 is 0 Å². The van der Waals surface area contributed by atoms with Gasteiger partial charge in [0.05, 0.1) is 12.2 Å². The van der Waals surface area contributed by atoms with Gasteiger partial charge in [0.1, 0.15) is 11.6 Å². The van der Waals surface area contributed by atoms with Crippen molar-refractivity contribution in [3.63, 3.8) is 0 Å². The summed E-state index contributed by atoms with van der Waals surface area (Å²) >= 11 is 5.86. The van der Waals surface area contributed by atoms with Crippen LogP contribution in [0, 0.1) is 11.6 Å². The van der Waals surface area contributed by atoms with Gasteiger partial charge in [-0.05, 0) is 37.3 Å². The first-order valence-electron chi connectivity index (χ1n) is 8.37. The lowest BCUT2D eigenvalue weighted by Crippen LogP contribution is -2.27. The lowest BCUT2D eigenvalue weighted by Gasteiger charge is -2.14. The van der Waals surface area contributed by atoms with Crippen LogP contribution in [-0.2, 0) is 11.2 Å². The molecule has 2 aromatic carbocycles. The molecule has 0 fully saturated rings. The molecule has 1 amide bonds. The Bertz CT molecular complexity index is 941. The molecular weight excluding hydrogens is 374 g/mol. The van der Waals surface area contributed by atoms with Gasteiger partial charge < -0.3 is 9.73 Å². The maximum Gasteiger partial charge on any atom is 0.220 e. The third-order valence-electron chi connectivity index (χ3n) is 4.05. The number of benzene rings is 2. The third-order valence-corrected chi connectivity index (χ3v) is 4.31. The molecule has 0 saturated carbocycles. The topological polar surface area (TPSA) is 55.1 Å². The van der Waals surface area contributed by atoms with Gasteiger partial charge in [-0.25, -0.2) is 13.8 Å². The third kappa shape index (κ3) is 4.92. The summed E-state index contributed by atoms with van der Waals surface area (Å²) in [6.45, 7) is 1.64. The smallest absolute Gasteiger partial charge is 0.220 e. The fourth-order valence-electron chi connectivity index (χ4n) is 2.64. The van der Waals surface area contributed by atoms with Crippen LogP contribution < -0.4 is 5.32 Å². The molecule has 140 valence electrons. The number of carbonyl (C=O) groups excluding carboxylic acids is 1. The molecule has 0 aliphatic carbocycles. The summed E-state index contributed by atoms with van der Waals surface area (Å²) < 4.78 is 32.4. The van der Waals surface area contributed by atoms with E-state index in [1.807, 2.05) is 12.1 Å². The van der Waals surface area contributed by atoms with Crippen molar-refractivity contribution in [3.8, 4) is 11.3 Å². The van der Waals surface area contributed by atoms with Crippen LogP contribution >= 0.6 is 11.6 Å². The van der Waals surface area contributed by atoms with Crippen LogP contribution in [0.2, 0.25) is 5.02 Å². The number of aromatic nitrogens is 1. The summed E-state index contributed by atoms with van der Waals surface area (Å²) in [5.74, 6) is -0.615. The number of carbonyl (C=O) groups is 1. The number of nitrogens with zero attached hydrogens (tertiary/aromatic N) is 1. The van der Waals surface area contributed by atoms with Crippen LogP contribution in [0.15, 0.2) is 53.1 Å². The number of oxazole rings is 1. The molecule has 1 heterocycles. The van der Waals surface area contributed by atoms with Gasteiger partial charge in [-0.1, -0.05) is 17.7 Å². The molecule has 3 aromatic rings. The summed E-state index contributed by atoms with van der Waals surface area (Å²) in [6.07, 6.45) is 2.03. The number of hydrogen-bond donors (Lipinski definition) is 1. The summed E-state index contributed by atoms with van der Waals surface area (Å²) in [5.41, 5.74) is 1.06. The first-order chi connectivity index (χ1) is 12.9. The molecule has 1 N–H and O–H groups in total. The van der Waals surface area contributed by atoms with Crippen LogP contribution in [0.1, 0.15) is 30.8 Å². The highest BCUT2D eigenvalue weighted by Gasteiger charge is 2.15. The summed E-state index contributed by atoms with van der Waals surface area (Å²) in [4.78, 5) is 16.3. The van der Waals surface area contributed by atoms with Gasteiger partial charge in [-0.15, -0.1) is 0 Å². The second-order valence-electron chi connectivity index (χ2n) is 6.08. The van der Waals surface area contributed by atoms with Crippen molar-refractivity contribution in [2.45, 2.75) is 25.8 Å². The average Bonchev–Trinajstić information content (AvgIpc) is 3.09. The number of halogens is 3. The van der Waals surface area contributed by atoms with Crippen molar-refractivity contribution in [2.24, 2.45) is 0 Å². The Hall–Kier alpha value is -2.73. The molecule has 0 radical (unpaired) electrons. The fraction of sp³-hybridized carbons (Fsp3) is 0.200. The number of hydrogen-bond acceptors (Lipinski definition) is 3. The normalized spacial score (nSPS) is 12.0. The van der Waals surface area contributed by atoms with E-state index < -0.39 is 17.7 Å². The zero-order chi connectivity index (χ0) is 19.4. The Morgan fingerprint density at radius 1 is 1.22 bits per heavy atom. The molecular formula is C20H17ClF2N2O2. The minimum Gasteiger partial charge on any atom is -0.441 e. The lowest BCUT2D eigenvalue weighted by atomic mass is 10.1. The Balaban J connectivity index is 1.55. The van der Waals surface area contributed by atoms with Crippen molar-refractivity contribution in [2.75, 3.05) is 0 Å². The molecule has 7 heteroatoms. The highest BCUT2D eigenvalue weighted by molar-refractivity contribution is 6.30. The first kappa shape index (κ1) is 19.0. The van der Waals surface area contributed by atoms with Crippen LogP contribution in [0.4, 0.5) is 8.78 Å². The molecule has 3 rings (SSSR count). The molecule has 1 unspecified atom stereocenters. The summed E-state index contributed by atoms with van der Waals surface area (Å²) in [7, 11) is 0. The number of nitrogens with one attached hydrogen (secondary N) is 1. The predicted molar refractivity (Wildman–Crippen MR) is 98.2 cm³/mol. The van der Waals surface area contributed by atoms with E-state index in [0.717, 1.165) is 17.7 Å². The Labute approximate surface area is 160 Å². The highest BCUT2D eigenvalue weighted by Crippen LogP contribution is 2.23. The van der Waals surface area contributed by atoms with Crippen LogP contribution in [-0.4, -0.2) is 10.9 Å². The van der Waals surface area contributed by atoms with E-state index in [0.29, 0.717) is 23.1 Å². The van der Waals surface area contributed by atoms with Gasteiger partial charge in [0.2, 0.25) is 5.91 Å². The summed E-state index contributed by atoms with van der Waals surface area (Å²) in [5, 5.41) is 3.31. The van der Waals surface area contributed by atoms with Gasteiger partial charge in [-0.2, -0.15) is 0 Å². The zero-order valence-corrected chi connectivity index (χ0v) is 15.3. The molecule has 1 aromatic heterocycles. The van der Waals surface area contributed by atoms with Crippen molar-refractivity contribution >= 4 is 17.5 Å². The quantitative estimate of drug-likeness (QED) is 0.638. The van der Waals surface area contributed by atoms with Crippen LogP contribution in [0.5, 0.6) is 0 Å². The Morgan fingerprint density at radius 3 is 2.67 bits per heavy atom. The second kappa shape index (κ2) is 8.31. The zero-order valence-electron chi connectivity index (χ0n) is 14.5. The molecule has 4 nitrogen and oxygen atoms in total. The van der Waals surface area contributed by atoms with Crippen LogP contribution in [0.25, 0.3) is 11.3 Å². The fourth-order valence-corrected chi connectivity index (χ4v) is 2.76. The second-order valence-corrected chi connectivity index (χ2v) is 6.52. The molecule has 0 spiro atoms. The van der Waals surface area contributed by atoms with E-state index in [9.17, 15) is 13.6 Å². The van der Waals surface area contributed by atoms with E-state index in [-0.39, 0.29) is 17.9 Å². The van der Waals surface area contributed by atoms with Crippen molar-refractivity contribution in [3.05, 3.63) is 76.8 Å². The maximum atomic E-state index is 13.8. The van der Waals surface area contributed by atoms with Gasteiger partial charge in [0.15, 0.2) is 11.7 Å². The minimum atomic E-state index is -0.692. The van der Waals surface area contributed by atoms with Gasteiger partial charge in [0, 0.05) is 35.1 Å². The van der Waals surface area contributed by atoms with Gasteiger partial charge in [0.25, 0.3) is 0 Å². The standard InChI is InChI=1S/C20H17ClF2N2O2/c1-12(16-7-6-15(22)10-17(16)23)25-19(26)8-9-20-24-11-18(27-20)13-2-4-14(21)5-3-13/h2-7,10-12H,8-9H2,1H3,(H,25,26). The van der Waals surface area contributed by atoms with E-state index in [1.165, 1.54) is 6.07 Å². The molecule has 1 atom stereocenters. The Morgan fingerprint density at radius 2 is 1.96 bits per heavy atom. The first-order valence-corrected chi connectivity index (χ1v) is 8.75. The van der Waals surface area contributed by atoms with E-state index in [1.54, 1.807) is 25.3 Å². The SMILES string of the molecule is CC(NC(=O)CCc1ncc(-c2ccc(Cl)cc2)o1)c1ccc(F)cc1F. The number of rotatable bonds is 6. The largest absolute Gasteiger partial charge is 0.441 e. The minimum absolute atomic E-state index is 0.133. The Kier molecular flexibility index (Phi) is 5.86. The van der Waals surface area contributed by atoms with E-state index in [2.05, 4.69) is 10.3 Å². The molecule has 0 bridgehead atoms. The van der Waals surface area contributed by atoms with E-state index in [4.69, 9.17) is 16.0 Å². The average molecular weight is 391 g/mol. The van der Waals surface area contributed by atoms with Crippen LogP contribution in [0.3, 0.4) is 0 Å². The predicted octanol–water partition coefficient (Wildman–Crippen LogP) is 5.08. The van der Waals surface area contributed by atoms with Gasteiger partial charge >= 0.3 is 0 Å². The lowest BCUT2D eigenvalue weighted by molar-refractivity contribution is -0.121.